The third kappa shape index (κ3) is 5.40. The topological polar surface area (TPSA) is 67.9 Å². The van der Waals surface area contributed by atoms with Gasteiger partial charge in [-0.2, -0.15) is 0 Å². The van der Waals surface area contributed by atoms with Crippen molar-refractivity contribution in [1.29, 1.82) is 0 Å². The summed E-state index contributed by atoms with van der Waals surface area (Å²) in [5.74, 6) is 0.688. The van der Waals surface area contributed by atoms with Crippen molar-refractivity contribution in [2.45, 2.75) is 11.8 Å². The Hall–Kier alpha value is -2.19. The molecule has 6 nitrogen and oxygen atoms in total. The van der Waals surface area contributed by atoms with Crippen molar-refractivity contribution < 1.29 is 19.1 Å². The molecule has 0 spiro atoms. The summed E-state index contributed by atoms with van der Waals surface area (Å²) in [6.07, 6.45) is 0. The van der Waals surface area contributed by atoms with E-state index in [1.807, 2.05) is 13.0 Å². The number of methoxy groups -OCH3 is 1. The first-order valence-corrected chi connectivity index (χ1v) is 9.78. The highest BCUT2D eigenvalue weighted by atomic mass is 79.9. The van der Waals surface area contributed by atoms with Gasteiger partial charge in [0.25, 0.3) is 11.1 Å². The van der Waals surface area contributed by atoms with Crippen LogP contribution in [0.3, 0.4) is 0 Å². The number of carbonyl (C=O) groups excluding carboxylic acids is 2. The van der Waals surface area contributed by atoms with Gasteiger partial charge in [-0.15, -0.1) is 0 Å². The number of nitrogens with zero attached hydrogens (tertiary/aromatic N) is 1. The van der Waals surface area contributed by atoms with Crippen LogP contribution < -0.4 is 14.8 Å². The third-order valence-corrected chi connectivity index (χ3v) is 5.18. The van der Waals surface area contributed by atoms with Crippen LogP contribution in [-0.2, 0) is 0 Å². The van der Waals surface area contributed by atoms with Gasteiger partial charge in [0.1, 0.15) is 0 Å². The molecule has 8 heteroatoms. The van der Waals surface area contributed by atoms with E-state index in [4.69, 9.17) is 9.47 Å². The summed E-state index contributed by atoms with van der Waals surface area (Å²) >= 11 is 4.47. The molecule has 2 aromatic carbocycles. The maximum absolute atomic E-state index is 12.7. The number of rotatable bonds is 6. The molecule has 0 saturated heterocycles. The molecule has 2 rings (SSSR count). The van der Waals surface area contributed by atoms with Crippen molar-refractivity contribution in [2.75, 3.05) is 33.1 Å². The SMILES string of the molecule is CCOc1c(Br)cc(C(=O)Nc2ccccc2SC(=O)N(C)C)cc1OC. The summed E-state index contributed by atoms with van der Waals surface area (Å²) in [4.78, 5) is 26.9. The van der Waals surface area contributed by atoms with E-state index in [2.05, 4.69) is 21.2 Å². The van der Waals surface area contributed by atoms with Crippen molar-refractivity contribution in [3.8, 4) is 11.5 Å². The Morgan fingerprint density at radius 1 is 1.22 bits per heavy atom. The molecule has 0 saturated carbocycles. The minimum absolute atomic E-state index is 0.123. The van der Waals surface area contributed by atoms with E-state index in [9.17, 15) is 9.59 Å². The van der Waals surface area contributed by atoms with Crippen molar-refractivity contribution in [2.24, 2.45) is 0 Å². The maximum atomic E-state index is 12.7. The molecule has 2 amide bonds. The minimum Gasteiger partial charge on any atom is -0.493 e. The average Bonchev–Trinajstić information content (AvgIpc) is 2.64. The smallest absolute Gasteiger partial charge is 0.286 e. The van der Waals surface area contributed by atoms with Crippen LogP contribution in [0.4, 0.5) is 10.5 Å². The Labute approximate surface area is 171 Å². The largest absolute Gasteiger partial charge is 0.493 e. The first kappa shape index (κ1) is 21.1. The van der Waals surface area contributed by atoms with Crippen LogP contribution in [0.1, 0.15) is 17.3 Å². The lowest BCUT2D eigenvalue weighted by Gasteiger charge is -2.15. The zero-order chi connectivity index (χ0) is 20.0. The number of hydrogen-bond donors (Lipinski definition) is 1. The van der Waals surface area contributed by atoms with Crippen molar-refractivity contribution in [3.05, 3.63) is 46.4 Å². The minimum atomic E-state index is -0.317. The number of benzene rings is 2. The van der Waals surface area contributed by atoms with Gasteiger partial charge in [-0.25, -0.2) is 0 Å². The van der Waals surface area contributed by atoms with E-state index in [-0.39, 0.29) is 11.1 Å². The van der Waals surface area contributed by atoms with E-state index in [0.29, 0.717) is 38.7 Å². The fourth-order valence-electron chi connectivity index (χ4n) is 2.17. The Morgan fingerprint density at radius 3 is 2.56 bits per heavy atom. The average molecular weight is 453 g/mol. The molecule has 0 aromatic heterocycles. The van der Waals surface area contributed by atoms with Crippen LogP contribution in [-0.4, -0.2) is 43.9 Å². The van der Waals surface area contributed by atoms with Gasteiger partial charge < -0.3 is 19.7 Å². The number of halogens is 1. The number of carbonyl (C=O) groups is 2. The molecule has 0 unspecified atom stereocenters. The first-order chi connectivity index (χ1) is 12.9. The van der Waals surface area contributed by atoms with E-state index in [1.54, 1.807) is 44.4 Å². The molecule has 0 heterocycles. The van der Waals surface area contributed by atoms with Gasteiger partial charge in [0.05, 0.1) is 23.9 Å². The highest BCUT2D eigenvalue weighted by Crippen LogP contribution is 2.37. The number of thioether (sulfide) groups is 1. The zero-order valence-corrected chi connectivity index (χ0v) is 17.9. The zero-order valence-electron chi connectivity index (χ0n) is 15.5. The molecule has 144 valence electrons. The number of ether oxygens (including phenoxy) is 2. The molecular formula is C19H21BrN2O4S. The van der Waals surface area contributed by atoms with E-state index < -0.39 is 0 Å². The molecule has 2 aromatic rings. The molecule has 0 bridgehead atoms. The normalized spacial score (nSPS) is 10.3. The van der Waals surface area contributed by atoms with Crippen molar-refractivity contribution >= 4 is 44.5 Å². The Bertz CT molecular complexity index is 842. The number of amides is 2. The molecule has 0 radical (unpaired) electrons. The van der Waals surface area contributed by atoms with Crippen LogP contribution in [0.15, 0.2) is 45.8 Å². The Balaban J connectivity index is 2.28. The fourth-order valence-corrected chi connectivity index (χ4v) is 3.48. The highest BCUT2D eigenvalue weighted by Gasteiger charge is 2.17. The van der Waals surface area contributed by atoms with Gasteiger partial charge in [-0.1, -0.05) is 12.1 Å². The maximum Gasteiger partial charge on any atom is 0.286 e. The predicted octanol–water partition coefficient (Wildman–Crippen LogP) is 4.88. The molecule has 0 fully saturated rings. The van der Waals surface area contributed by atoms with Gasteiger partial charge >= 0.3 is 0 Å². The molecule has 0 atom stereocenters. The van der Waals surface area contributed by atoms with E-state index in [0.717, 1.165) is 11.8 Å². The lowest BCUT2D eigenvalue weighted by atomic mass is 10.1. The molecule has 1 N–H and O–H groups in total. The van der Waals surface area contributed by atoms with Gasteiger partial charge in [-0.3, -0.25) is 9.59 Å². The lowest BCUT2D eigenvalue weighted by Crippen LogP contribution is -2.17. The summed E-state index contributed by atoms with van der Waals surface area (Å²) in [7, 11) is 4.88. The first-order valence-electron chi connectivity index (χ1n) is 8.17. The quantitative estimate of drug-likeness (QED) is 0.632. The van der Waals surface area contributed by atoms with Crippen molar-refractivity contribution in [1.82, 2.24) is 4.90 Å². The summed E-state index contributed by atoms with van der Waals surface area (Å²) in [5, 5.41) is 2.73. The van der Waals surface area contributed by atoms with Gasteiger partial charge in [0, 0.05) is 24.6 Å². The van der Waals surface area contributed by atoms with Gasteiger partial charge in [-0.05, 0) is 58.9 Å². The van der Waals surface area contributed by atoms with Crippen LogP contribution in [0, 0.1) is 0 Å². The monoisotopic (exact) mass is 452 g/mol. The third-order valence-electron chi connectivity index (χ3n) is 3.48. The summed E-state index contributed by atoms with van der Waals surface area (Å²) in [5.41, 5.74) is 0.965. The molecule has 0 aliphatic heterocycles. The van der Waals surface area contributed by atoms with Gasteiger partial charge in [0.15, 0.2) is 11.5 Å². The number of hydrogen-bond acceptors (Lipinski definition) is 5. The van der Waals surface area contributed by atoms with E-state index in [1.165, 1.54) is 12.0 Å². The second-order valence-electron chi connectivity index (χ2n) is 5.64. The van der Waals surface area contributed by atoms with E-state index >= 15 is 0 Å². The fraction of sp³-hybridized carbons (Fsp3) is 0.263. The second-order valence-corrected chi connectivity index (χ2v) is 7.48. The van der Waals surface area contributed by atoms with Crippen LogP contribution >= 0.6 is 27.7 Å². The highest BCUT2D eigenvalue weighted by molar-refractivity contribution is 9.10. The molecule has 0 aliphatic rings. The lowest BCUT2D eigenvalue weighted by molar-refractivity contribution is 0.102. The molecule has 27 heavy (non-hydrogen) atoms. The number of nitrogens with one attached hydrogen (secondary N) is 1. The number of para-hydroxylation sites is 1. The summed E-state index contributed by atoms with van der Waals surface area (Å²) in [6.45, 7) is 2.35. The van der Waals surface area contributed by atoms with Crippen molar-refractivity contribution in [3.63, 3.8) is 0 Å². The summed E-state index contributed by atoms with van der Waals surface area (Å²) < 4.78 is 11.5. The Kier molecular flexibility index (Phi) is 7.55. The predicted molar refractivity (Wildman–Crippen MR) is 111 cm³/mol. The van der Waals surface area contributed by atoms with Crippen LogP contribution in [0.25, 0.3) is 0 Å². The van der Waals surface area contributed by atoms with Gasteiger partial charge in [0.2, 0.25) is 0 Å². The summed E-state index contributed by atoms with van der Waals surface area (Å²) in [6, 6.07) is 10.4. The molecule has 0 aliphatic carbocycles. The number of anilines is 1. The molecular weight excluding hydrogens is 432 g/mol. The standard InChI is InChI=1S/C19H21BrN2O4S/c1-5-26-17-13(20)10-12(11-15(17)25-4)18(23)21-14-8-6-7-9-16(14)27-19(24)22(2)3/h6-11H,5H2,1-4H3,(H,21,23). The Morgan fingerprint density at radius 2 is 1.93 bits per heavy atom. The van der Waals surface area contributed by atoms with Crippen LogP contribution in [0.5, 0.6) is 11.5 Å². The van der Waals surface area contributed by atoms with Crippen LogP contribution in [0.2, 0.25) is 0 Å². The second kappa shape index (κ2) is 9.66.